The van der Waals surface area contributed by atoms with E-state index in [1.54, 1.807) is 0 Å². The summed E-state index contributed by atoms with van der Waals surface area (Å²) in [5.41, 5.74) is 0.720. The van der Waals surface area contributed by atoms with Gasteiger partial charge in [-0.3, -0.25) is 4.79 Å². The van der Waals surface area contributed by atoms with Crippen LogP contribution in [-0.2, 0) is 4.79 Å². The van der Waals surface area contributed by atoms with Crippen molar-refractivity contribution in [3.05, 3.63) is 24.3 Å². The third kappa shape index (κ3) is 10.5. The molecule has 0 bridgehead atoms. The Hall–Kier alpha value is -0.660. The Bertz CT molecular complexity index is 597. The number of hydrogen-bond donors (Lipinski definition) is 3. The summed E-state index contributed by atoms with van der Waals surface area (Å²) >= 11 is 28.2. The van der Waals surface area contributed by atoms with Gasteiger partial charge in [-0.2, -0.15) is 0 Å². The molecule has 0 spiro atoms. The van der Waals surface area contributed by atoms with E-state index in [4.69, 9.17) is 63.4 Å². The second kappa shape index (κ2) is 12.7. The monoisotopic (exact) mass is 473 g/mol. The first-order valence-electron chi connectivity index (χ1n) is 8.48. The molecule has 0 saturated heterocycles. The number of halogens is 4. The highest BCUT2D eigenvalue weighted by Gasteiger charge is 2.34. The fraction of sp³-hybridized carbons (Fsp3) is 0.529. The predicted molar refractivity (Wildman–Crippen MR) is 118 cm³/mol. The van der Waals surface area contributed by atoms with Gasteiger partial charge in [0.05, 0.1) is 6.61 Å². The molecule has 0 aromatic heterocycles. The number of amides is 1. The van der Waals surface area contributed by atoms with Crippen molar-refractivity contribution < 1.29 is 9.53 Å². The zero-order chi connectivity index (χ0) is 20.3. The van der Waals surface area contributed by atoms with Crippen LogP contribution in [0.2, 0.25) is 0 Å². The topological polar surface area (TPSA) is 62.4 Å². The second-order valence-electron chi connectivity index (χ2n) is 5.71. The maximum absolute atomic E-state index is 11.5. The highest BCUT2D eigenvalue weighted by molar-refractivity contribution is 7.80. The van der Waals surface area contributed by atoms with Crippen molar-refractivity contribution in [1.82, 2.24) is 10.6 Å². The summed E-state index contributed by atoms with van der Waals surface area (Å²) < 4.78 is 3.87. The van der Waals surface area contributed by atoms with Gasteiger partial charge in [-0.15, -0.1) is 11.6 Å². The van der Waals surface area contributed by atoms with E-state index in [0.29, 0.717) is 6.61 Å². The number of carbonyl (C=O) groups is 1. The lowest BCUT2D eigenvalue weighted by Crippen LogP contribution is -2.56. The van der Waals surface area contributed by atoms with Crippen molar-refractivity contribution >= 4 is 75.3 Å². The SMILES string of the molecule is CCCCCCOc1ccc(NC(=S)NC(NC(=O)CCl)C(Cl)(Cl)Cl)cc1. The summed E-state index contributed by atoms with van der Waals surface area (Å²) in [7, 11) is 0. The normalized spacial score (nSPS) is 12.2. The standard InChI is InChI=1S/C17H23Cl4N3O2S/c1-2-3-4-5-10-26-13-8-6-12(7-9-13)22-16(27)24-15(17(19,20)21)23-14(25)11-18/h6-9,15H,2-5,10-11H2,1H3,(H,23,25)(H2,22,24,27). The molecule has 1 unspecified atom stereocenters. The number of ether oxygens (including phenoxy) is 1. The van der Waals surface area contributed by atoms with Crippen LogP contribution in [-0.4, -0.2) is 33.5 Å². The van der Waals surface area contributed by atoms with E-state index < -0.39 is 15.9 Å². The number of anilines is 1. The Morgan fingerprint density at radius 3 is 2.37 bits per heavy atom. The van der Waals surface area contributed by atoms with Crippen molar-refractivity contribution in [1.29, 1.82) is 0 Å². The Kier molecular flexibility index (Phi) is 11.5. The number of hydrogen-bond acceptors (Lipinski definition) is 3. The van der Waals surface area contributed by atoms with Crippen LogP contribution in [0, 0.1) is 0 Å². The van der Waals surface area contributed by atoms with Crippen molar-refractivity contribution in [3.63, 3.8) is 0 Å². The molecule has 5 nitrogen and oxygen atoms in total. The molecule has 1 rings (SSSR count). The van der Waals surface area contributed by atoms with Crippen molar-refractivity contribution in [2.24, 2.45) is 0 Å². The molecule has 0 aliphatic heterocycles. The molecule has 1 atom stereocenters. The summed E-state index contributed by atoms with van der Waals surface area (Å²) in [5, 5.41) is 8.31. The van der Waals surface area contributed by atoms with Crippen LogP contribution in [0.15, 0.2) is 24.3 Å². The number of nitrogens with one attached hydrogen (secondary N) is 3. The molecular weight excluding hydrogens is 452 g/mol. The molecule has 10 heteroatoms. The van der Waals surface area contributed by atoms with Crippen LogP contribution in [0.25, 0.3) is 0 Å². The smallest absolute Gasteiger partial charge is 0.236 e. The van der Waals surface area contributed by atoms with Gasteiger partial charge in [0.2, 0.25) is 9.70 Å². The summed E-state index contributed by atoms with van der Waals surface area (Å²) in [6, 6.07) is 7.31. The number of carbonyl (C=O) groups excluding carboxylic acids is 1. The van der Waals surface area contributed by atoms with Gasteiger partial charge in [0, 0.05) is 5.69 Å². The van der Waals surface area contributed by atoms with E-state index in [1.165, 1.54) is 19.3 Å². The third-order valence-corrected chi connectivity index (χ3v) is 4.53. The van der Waals surface area contributed by atoms with Gasteiger partial charge in [0.25, 0.3) is 0 Å². The maximum Gasteiger partial charge on any atom is 0.236 e. The van der Waals surface area contributed by atoms with E-state index in [9.17, 15) is 4.79 Å². The minimum absolute atomic E-state index is 0.175. The van der Waals surface area contributed by atoms with Gasteiger partial charge in [-0.1, -0.05) is 61.0 Å². The van der Waals surface area contributed by atoms with Gasteiger partial charge in [-0.25, -0.2) is 0 Å². The Labute approximate surface area is 185 Å². The van der Waals surface area contributed by atoms with E-state index in [-0.39, 0.29) is 11.0 Å². The Morgan fingerprint density at radius 2 is 1.81 bits per heavy atom. The minimum atomic E-state index is -1.82. The molecule has 0 fully saturated rings. The van der Waals surface area contributed by atoms with Crippen molar-refractivity contribution in [3.8, 4) is 5.75 Å². The first-order chi connectivity index (χ1) is 12.8. The van der Waals surface area contributed by atoms with Crippen molar-refractivity contribution in [2.45, 2.75) is 42.6 Å². The Balaban J connectivity index is 2.51. The number of benzene rings is 1. The van der Waals surface area contributed by atoms with E-state index in [2.05, 4.69) is 22.9 Å². The Morgan fingerprint density at radius 1 is 1.15 bits per heavy atom. The van der Waals surface area contributed by atoms with E-state index in [0.717, 1.165) is 17.9 Å². The lowest BCUT2D eigenvalue weighted by Gasteiger charge is -2.27. The lowest BCUT2D eigenvalue weighted by molar-refractivity contribution is -0.119. The molecule has 1 aromatic carbocycles. The first kappa shape index (κ1) is 24.4. The lowest BCUT2D eigenvalue weighted by atomic mass is 10.2. The van der Waals surface area contributed by atoms with Gasteiger partial charge in [0.1, 0.15) is 17.8 Å². The summed E-state index contributed by atoms with van der Waals surface area (Å²) in [6.07, 6.45) is 3.58. The number of unbranched alkanes of at least 4 members (excludes halogenated alkanes) is 3. The molecule has 1 amide bonds. The molecule has 152 valence electrons. The highest BCUT2D eigenvalue weighted by Crippen LogP contribution is 2.29. The number of alkyl halides is 4. The van der Waals surface area contributed by atoms with Crippen LogP contribution in [0.4, 0.5) is 5.69 Å². The second-order valence-corrected chi connectivity index (χ2v) is 8.75. The van der Waals surface area contributed by atoms with Gasteiger partial charge < -0.3 is 20.7 Å². The predicted octanol–water partition coefficient (Wildman–Crippen LogP) is 4.98. The fourth-order valence-electron chi connectivity index (χ4n) is 2.05. The molecule has 3 N–H and O–H groups in total. The summed E-state index contributed by atoms with van der Waals surface area (Å²) in [4.78, 5) is 11.5. The van der Waals surface area contributed by atoms with Gasteiger partial charge in [0.15, 0.2) is 5.11 Å². The summed E-state index contributed by atoms with van der Waals surface area (Å²) in [6.45, 7) is 2.87. The number of thiocarbonyl (C=S) groups is 1. The first-order valence-corrected chi connectivity index (χ1v) is 10.6. The quantitative estimate of drug-likeness (QED) is 0.193. The molecule has 0 aliphatic rings. The molecular formula is C17H23Cl4N3O2S. The molecule has 1 aromatic rings. The molecule has 0 radical (unpaired) electrons. The average Bonchev–Trinajstić information content (AvgIpc) is 2.61. The van der Waals surface area contributed by atoms with Crippen LogP contribution in [0.1, 0.15) is 32.6 Å². The minimum Gasteiger partial charge on any atom is -0.494 e. The number of rotatable bonds is 10. The van der Waals surface area contributed by atoms with E-state index in [1.807, 2.05) is 24.3 Å². The van der Waals surface area contributed by atoms with Crippen LogP contribution in [0.3, 0.4) is 0 Å². The maximum atomic E-state index is 11.5. The van der Waals surface area contributed by atoms with Gasteiger partial charge >= 0.3 is 0 Å². The molecule has 0 heterocycles. The highest BCUT2D eigenvalue weighted by atomic mass is 35.6. The molecule has 0 saturated carbocycles. The molecule has 0 aliphatic carbocycles. The fourth-order valence-corrected chi connectivity index (χ4v) is 2.69. The molecule has 27 heavy (non-hydrogen) atoms. The van der Waals surface area contributed by atoms with Crippen LogP contribution < -0.4 is 20.7 Å². The van der Waals surface area contributed by atoms with Crippen LogP contribution >= 0.6 is 58.6 Å². The van der Waals surface area contributed by atoms with E-state index >= 15 is 0 Å². The van der Waals surface area contributed by atoms with Gasteiger partial charge in [-0.05, 0) is 42.9 Å². The largest absolute Gasteiger partial charge is 0.494 e. The zero-order valence-corrected chi connectivity index (χ0v) is 18.7. The van der Waals surface area contributed by atoms with Crippen molar-refractivity contribution in [2.75, 3.05) is 17.8 Å². The summed E-state index contributed by atoms with van der Waals surface area (Å²) in [5.74, 6) is 0.0205. The average molecular weight is 475 g/mol. The third-order valence-electron chi connectivity index (χ3n) is 3.41. The van der Waals surface area contributed by atoms with Crippen LogP contribution in [0.5, 0.6) is 5.75 Å². The zero-order valence-electron chi connectivity index (χ0n) is 14.9.